The van der Waals surface area contributed by atoms with Crippen LogP contribution in [0.5, 0.6) is 11.5 Å². The summed E-state index contributed by atoms with van der Waals surface area (Å²) in [5.74, 6) is 2.07. The smallest absolute Gasteiger partial charge is 0.231 e. The van der Waals surface area contributed by atoms with Crippen molar-refractivity contribution in [1.29, 1.82) is 0 Å². The number of hydrogen-bond donors (Lipinski definition) is 1. The number of aryl methyl sites for hydroxylation is 2. The molecule has 1 aliphatic heterocycles. The predicted molar refractivity (Wildman–Crippen MR) is 74.1 cm³/mol. The third-order valence-corrected chi connectivity index (χ3v) is 3.45. The first kappa shape index (κ1) is 13.5. The maximum absolute atomic E-state index is 12.0. The van der Waals surface area contributed by atoms with Crippen LogP contribution < -0.4 is 14.8 Å². The largest absolute Gasteiger partial charge is 0.454 e. The highest BCUT2D eigenvalue weighted by atomic mass is 16.7. The third kappa shape index (κ3) is 2.84. The second kappa shape index (κ2) is 5.47. The van der Waals surface area contributed by atoms with Gasteiger partial charge in [0, 0.05) is 12.1 Å². The molecule has 1 amide bonds. The molecule has 21 heavy (non-hydrogen) atoms. The summed E-state index contributed by atoms with van der Waals surface area (Å²) in [6, 6.07) is 5.63. The molecule has 1 aliphatic rings. The SMILES string of the molecule is Cc1noc(C)c1CC(=O)NCc1ccc2c(c1)OCO2. The molecule has 2 heterocycles. The molecule has 1 aromatic carbocycles. The molecule has 1 N–H and O–H groups in total. The van der Waals surface area contributed by atoms with Crippen LogP contribution in [0.3, 0.4) is 0 Å². The molecule has 0 saturated carbocycles. The van der Waals surface area contributed by atoms with Gasteiger partial charge in [-0.2, -0.15) is 0 Å². The standard InChI is InChI=1S/C15H16N2O4/c1-9-12(10(2)21-17-9)6-15(18)16-7-11-3-4-13-14(5-11)20-8-19-13/h3-5H,6-8H2,1-2H3,(H,16,18). The van der Waals surface area contributed by atoms with Gasteiger partial charge >= 0.3 is 0 Å². The Kier molecular flexibility index (Phi) is 3.51. The maximum Gasteiger partial charge on any atom is 0.231 e. The molecule has 0 spiro atoms. The molecule has 0 unspecified atom stereocenters. The summed E-state index contributed by atoms with van der Waals surface area (Å²) >= 11 is 0. The van der Waals surface area contributed by atoms with E-state index in [1.807, 2.05) is 25.1 Å². The van der Waals surface area contributed by atoms with Gasteiger partial charge in [0.1, 0.15) is 5.76 Å². The molecule has 6 heteroatoms. The van der Waals surface area contributed by atoms with Crippen molar-refractivity contribution >= 4 is 5.91 Å². The summed E-state index contributed by atoms with van der Waals surface area (Å²) in [7, 11) is 0. The molecule has 0 fully saturated rings. The molecule has 3 rings (SSSR count). The minimum Gasteiger partial charge on any atom is -0.454 e. The van der Waals surface area contributed by atoms with Crippen LogP contribution in [0.4, 0.5) is 0 Å². The van der Waals surface area contributed by atoms with Crippen molar-refractivity contribution in [3.63, 3.8) is 0 Å². The molecule has 0 aliphatic carbocycles. The van der Waals surface area contributed by atoms with E-state index in [0.29, 0.717) is 18.1 Å². The first-order valence-electron chi connectivity index (χ1n) is 6.70. The Hall–Kier alpha value is -2.50. The van der Waals surface area contributed by atoms with Crippen LogP contribution in [0, 0.1) is 13.8 Å². The molecule has 2 aromatic rings. The molecule has 0 radical (unpaired) electrons. The number of carbonyl (C=O) groups is 1. The van der Waals surface area contributed by atoms with Crippen LogP contribution in [0.15, 0.2) is 22.7 Å². The number of benzene rings is 1. The summed E-state index contributed by atoms with van der Waals surface area (Å²) in [5, 5.41) is 6.72. The lowest BCUT2D eigenvalue weighted by molar-refractivity contribution is -0.120. The predicted octanol–water partition coefficient (Wildman–Crippen LogP) is 1.88. The van der Waals surface area contributed by atoms with Crippen LogP contribution in [0.25, 0.3) is 0 Å². The van der Waals surface area contributed by atoms with E-state index in [9.17, 15) is 4.79 Å². The molecule has 6 nitrogen and oxygen atoms in total. The summed E-state index contributed by atoms with van der Waals surface area (Å²) < 4.78 is 15.6. The van der Waals surface area contributed by atoms with Gasteiger partial charge in [0.2, 0.25) is 12.7 Å². The van der Waals surface area contributed by atoms with Crippen LogP contribution >= 0.6 is 0 Å². The Morgan fingerprint density at radius 2 is 2.10 bits per heavy atom. The van der Waals surface area contributed by atoms with E-state index in [-0.39, 0.29) is 19.1 Å². The molecular formula is C15H16N2O4. The fraction of sp³-hybridized carbons (Fsp3) is 0.333. The summed E-state index contributed by atoms with van der Waals surface area (Å²) in [6.07, 6.45) is 0.270. The van der Waals surface area contributed by atoms with Crippen LogP contribution in [0.1, 0.15) is 22.6 Å². The van der Waals surface area contributed by atoms with Gasteiger partial charge in [-0.25, -0.2) is 0 Å². The normalized spacial score (nSPS) is 12.5. The van der Waals surface area contributed by atoms with Crippen molar-refractivity contribution in [2.75, 3.05) is 6.79 Å². The highest BCUT2D eigenvalue weighted by Gasteiger charge is 2.15. The van der Waals surface area contributed by atoms with Gasteiger partial charge in [-0.05, 0) is 31.5 Å². The van der Waals surface area contributed by atoms with Crippen molar-refractivity contribution in [1.82, 2.24) is 10.5 Å². The van der Waals surface area contributed by atoms with E-state index < -0.39 is 0 Å². The average molecular weight is 288 g/mol. The van der Waals surface area contributed by atoms with Gasteiger partial charge in [-0.3, -0.25) is 4.79 Å². The van der Waals surface area contributed by atoms with Gasteiger partial charge in [-0.15, -0.1) is 0 Å². The summed E-state index contributed by atoms with van der Waals surface area (Å²) in [4.78, 5) is 12.0. The van der Waals surface area contributed by atoms with Crippen LogP contribution in [-0.2, 0) is 17.8 Å². The van der Waals surface area contributed by atoms with E-state index in [0.717, 1.165) is 22.6 Å². The zero-order valence-electron chi connectivity index (χ0n) is 11.9. The number of rotatable bonds is 4. The average Bonchev–Trinajstić information content (AvgIpc) is 3.06. The van der Waals surface area contributed by atoms with E-state index >= 15 is 0 Å². The van der Waals surface area contributed by atoms with Crippen LogP contribution in [0.2, 0.25) is 0 Å². The van der Waals surface area contributed by atoms with E-state index in [1.165, 1.54) is 0 Å². The third-order valence-electron chi connectivity index (χ3n) is 3.45. The quantitative estimate of drug-likeness (QED) is 0.930. The van der Waals surface area contributed by atoms with Crippen molar-refractivity contribution < 1.29 is 18.8 Å². The van der Waals surface area contributed by atoms with Crippen molar-refractivity contribution in [2.24, 2.45) is 0 Å². The van der Waals surface area contributed by atoms with Gasteiger partial charge in [0.25, 0.3) is 0 Å². The Morgan fingerprint density at radius 1 is 1.29 bits per heavy atom. The molecular weight excluding hydrogens is 272 g/mol. The molecule has 110 valence electrons. The first-order valence-corrected chi connectivity index (χ1v) is 6.70. The highest BCUT2D eigenvalue weighted by molar-refractivity contribution is 5.79. The monoisotopic (exact) mass is 288 g/mol. The molecule has 0 saturated heterocycles. The zero-order chi connectivity index (χ0) is 14.8. The minimum atomic E-state index is -0.0675. The van der Waals surface area contributed by atoms with Gasteiger partial charge in [0.15, 0.2) is 11.5 Å². The number of nitrogens with zero attached hydrogens (tertiary/aromatic N) is 1. The number of fused-ring (bicyclic) bond motifs is 1. The molecule has 0 atom stereocenters. The second-order valence-electron chi connectivity index (χ2n) is 4.94. The number of ether oxygens (including phenoxy) is 2. The highest BCUT2D eigenvalue weighted by Crippen LogP contribution is 2.32. The fourth-order valence-corrected chi connectivity index (χ4v) is 2.23. The topological polar surface area (TPSA) is 73.6 Å². The van der Waals surface area contributed by atoms with Crippen molar-refractivity contribution in [3.8, 4) is 11.5 Å². The number of hydrogen-bond acceptors (Lipinski definition) is 5. The van der Waals surface area contributed by atoms with E-state index in [1.54, 1.807) is 6.92 Å². The van der Waals surface area contributed by atoms with Crippen molar-refractivity contribution in [3.05, 3.63) is 40.8 Å². The second-order valence-corrected chi connectivity index (χ2v) is 4.94. The lowest BCUT2D eigenvalue weighted by Crippen LogP contribution is -2.24. The molecule has 1 aromatic heterocycles. The minimum absolute atomic E-state index is 0.0675. The van der Waals surface area contributed by atoms with E-state index in [4.69, 9.17) is 14.0 Å². The summed E-state index contributed by atoms with van der Waals surface area (Å²) in [5.41, 5.74) is 2.57. The molecule has 0 bridgehead atoms. The van der Waals surface area contributed by atoms with E-state index in [2.05, 4.69) is 10.5 Å². The lowest BCUT2D eigenvalue weighted by atomic mass is 10.1. The Morgan fingerprint density at radius 3 is 2.86 bits per heavy atom. The number of amides is 1. The first-order chi connectivity index (χ1) is 10.1. The Balaban J connectivity index is 1.59. The zero-order valence-corrected chi connectivity index (χ0v) is 11.9. The number of nitrogens with one attached hydrogen (secondary N) is 1. The fourth-order valence-electron chi connectivity index (χ4n) is 2.23. The Bertz CT molecular complexity index is 659. The number of aromatic nitrogens is 1. The lowest BCUT2D eigenvalue weighted by Gasteiger charge is -2.06. The van der Waals surface area contributed by atoms with Gasteiger partial charge in [0.05, 0.1) is 12.1 Å². The van der Waals surface area contributed by atoms with Gasteiger partial charge < -0.3 is 19.3 Å². The van der Waals surface area contributed by atoms with Gasteiger partial charge in [-0.1, -0.05) is 11.2 Å². The summed E-state index contributed by atoms with van der Waals surface area (Å²) in [6.45, 7) is 4.33. The Labute approximate surface area is 122 Å². The van der Waals surface area contributed by atoms with Crippen LogP contribution in [-0.4, -0.2) is 17.9 Å². The number of carbonyl (C=O) groups excluding carboxylic acids is 1. The van der Waals surface area contributed by atoms with Crippen molar-refractivity contribution in [2.45, 2.75) is 26.8 Å². The maximum atomic E-state index is 12.0.